The van der Waals surface area contributed by atoms with Gasteiger partial charge >= 0.3 is 0 Å². The molecule has 0 aliphatic carbocycles. The number of aryl methyl sites for hydroxylation is 1. The molecule has 2 aromatic rings. The summed E-state index contributed by atoms with van der Waals surface area (Å²) >= 11 is 5.37. The second kappa shape index (κ2) is 6.59. The molecule has 2 rings (SSSR count). The number of halogens is 1. The highest BCUT2D eigenvalue weighted by molar-refractivity contribution is 9.10. The van der Waals surface area contributed by atoms with Gasteiger partial charge in [-0.1, -0.05) is 55.8 Å². The number of hydrogen-bond acceptors (Lipinski definition) is 3. The van der Waals surface area contributed by atoms with Gasteiger partial charge in [-0.25, -0.2) is 4.98 Å². The van der Waals surface area contributed by atoms with Crippen molar-refractivity contribution in [2.75, 3.05) is 6.54 Å². The number of thiazole rings is 1. The Bertz CT molecular complexity index is 613. The standard InChI is InChI=1S/C17H23BrN2S/c1-6-19-15(12-8-7-11(2)13(18)9-12)16-20-14(10-21-16)17(3,4)5/h7-10,15,19H,6H2,1-5H3. The lowest BCUT2D eigenvalue weighted by Crippen LogP contribution is -2.22. The van der Waals surface area contributed by atoms with Crippen molar-refractivity contribution >= 4 is 27.3 Å². The van der Waals surface area contributed by atoms with Gasteiger partial charge in [0, 0.05) is 15.3 Å². The molecule has 0 saturated carbocycles. The van der Waals surface area contributed by atoms with Crippen LogP contribution in [0, 0.1) is 6.92 Å². The van der Waals surface area contributed by atoms with E-state index in [9.17, 15) is 0 Å². The van der Waals surface area contributed by atoms with Crippen molar-refractivity contribution in [3.63, 3.8) is 0 Å². The Kier molecular flexibility index (Phi) is 5.23. The maximum atomic E-state index is 4.87. The average molecular weight is 367 g/mol. The molecular weight excluding hydrogens is 344 g/mol. The van der Waals surface area contributed by atoms with Gasteiger partial charge in [0.2, 0.25) is 0 Å². The maximum absolute atomic E-state index is 4.87. The fraction of sp³-hybridized carbons (Fsp3) is 0.471. The normalized spacial score (nSPS) is 13.4. The molecule has 0 fully saturated rings. The summed E-state index contributed by atoms with van der Waals surface area (Å²) in [6.07, 6.45) is 0. The van der Waals surface area contributed by atoms with E-state index in [1.807, 2.05) is 0 Å². The predicted octanol–water partition coefficient (Wildman–Crippen LogP) is 5.21. The zero-order valence-corrected chi connectivity index (χ0v) is 15.7. The van der Waals surface area contributed by atoms with E-state index in [1.165, 1.54) is 11.1 Å². The van der Waals surface area contributed by atoms with Crippen molar-refractivity contribution in [1.82, 2.24) is 10.3 Å². The number of benzene rings is 1. The van der Waals surface area contributed by atoms with Crippen LogP contribution in [0.1, 0.15) is 55.6 Å². The highest BCUT2D eigenvalue weighted by Crippen LogP contribution is 2.31. The molecule has 0 bridgehead atoms. The minimum Gasteiger partial charge on any atom is -0.305 e. The van der Waals surface area contributed by atoms with Gasteiger partial charge < -0.3 is 5.32 Å². The monoisotopic (exact) mass is 366 g/mol. The highest BCUT2D eigenvalue weighted by atomic mass is 79.9. The summed E-state index contributed by atoms with van der Waals surface area (Å²) in [5, 5.41) is 6.87. The van der Waals surface area contributed by atoms with Crippen LogP contribution in [0.2, 0.25) is 0 Å². The Labute approximate surface area is 140 Å². The first-order chi connectivity index (χ1) is 9.82. The fourth-order valence-electron chi connectivity index (χ4n) is 2.11. The van der Waals surface area contributed by atoms with Gasteiger partial charge in [0.15, 0.2) is 0 Å². The predicted molar refractivity (Wildman–Crippen MR) is 95.2 cm³/mol. The van der Waals surface area contributed by atoms with Crippen molar-refractivity contribution in [1.29, 1.82) is 0 Å². The Morgan fingerprint density at radius 3 is 2.57 bits per heavy atom. The fourth-order valence-corrected chi connectivity index (χ4v) is 3.65. The molecule has 4 heteroatoms. The van der Waals surface area contributed by atoms with Crippen LogP contribution in [-0.4, -0.2) is 11.5 Å². The van der Waals surface area contributed by atoms with E-state index in [2.05, 4.69) is 79.4 Å². The van der Waals surface area contributed by atoms with E-state index in [1.54, 1.807) is 11.3 Å². The lowest BCUT2D eigenvalue weighted by atomic mass is 9.93. The molecule has 1 heterocycles. The molecule has 0 aliphatic rings. The number of nitrogens with one attached hydrogen (secondary N) is 1. The number of hydrogen-bond donors (Lipinski definition) is 1. The molecule has 1 aromatic carbocycles. The molecule has 0 spiro atoms. The molecule has 1 atom stereocenters. The molecule has 114 valence electrons. The second-order valence-electron chi connectivity index (χ2n) is 6.32. The van der Waals surface area contributed by atoms with Crippen molar-refractivity contribution in [3.8, 4) is 0 Å². The molecular formula is C17H23BrN2S. The largest absolute Gasteiger partial charge is 0.305 e. The van der Waals surface area contributed by atoms with E-state index >= 15 is 0 Å². The van der Waals surface area contributed by atoms with Gasteiger partial charge in [-0.05, 0) is 30.7 Å². The van der Waals surface area contributed by atoms with Crippen LogP contribution in [0.4, 0.5) is 0 Å². The van der Waals surface area contributed by atoms with E-state index in [0.717, 1.165) is 21.7 Å². The zero-order chi connectivity index (χ0) is 15.6. The summed E-state index contributed by atoms with van der Waals surface area (Å²) < 4.78 is 1.15. The van der Waals surface area contributed by atoms with Crippen LogP contribution in [0.5, 0.6) is 0 Å². The minimum absolute atomic E-state index is 0.0966. The lowest BCUT2D eigenvalue weighted by molar-refractivity contribution is 0.562. The summed E-state index contributed by atoms with van der Waals surface area (Å²) in [6.45, 7) is 11.8. The summed E-state index contributed by atoms with van der Waals surface area (Å²) in [4.78, 5) is 4.87. The first-order valence-electron chi connectivity index (χ1n) is 7.28. The topological polar surface area (TPSA) is 24.9 Å². The van der Waals surface area contributed by atoms with Crippen molar-refractivity contribution in [2.45, 2.75) is 46.1 Å². The van der Waals surface area contributed by atoms with Crippen LogP contribution < -0.4 is 5.32 Å². The summed E-state index contributed by atoms with van der Waals surface area (Å²) in [5.74, 6) is 0. The Balaban J connectivity index is 2.38. The third kappa shape index (κ3) is 3.93. The van der Waals surface area contributed by atoms with Crippen LogP contribution >= 0.6 is 27.3 Å². The third-order valence-corrected chi connectivity index (χ3v) is 5.24. The van der Waals surface area contributed by atoms with Gasteiger partial charge in [-0.3, -0.25) is 0 Å². The molecule has 0 aliphatic heterocycles. The van der Waals surface area contributed by atoms with Crippen LogP contribution in [0.3, 0.4) is 0 Å². The highest BCUT2D eigenvalue weighted by Gasteiger charge is 2.22. The second-order valence-corrected chi connectivity index (χ2v) is 8.06. The smallest absolute Gasteiger partial charge is 0.114 e. The number of aromatic nitrogens is 1. The first kappa shape index (κ1) is 16.7. The SMILES string of the molecule is CCNC(c1ccc(C)c(Br)c1)c1nc(C(C)(C)C)cs1. The van der Waals surface area contributed by atoms with E-state index in [0.29, 0.717) is 0 Å². The van der Waals surface area contributed by atoms with Gasteiger partial charge in [-0.2, -0.15) is 0 Å². The molecule has 1 N–H and O–H groups in total. The molecule has 0 radical (unpaired) electrons. The van der Waals surface area contributed by atoms with E-state index in [-0.39, 0.29) is 11.5 Å². The van der Waals surface area contributed by atoms with Gasteiger partial charge in [0.25, 0.3) is 0 Å². The van der Waals surface area contributed by atoms with Crippen molar-refractivity contribution < 1.29 is 0 Å². The van der Waals surface area contributed by atoms with Crippen LogP contribution in [-0.2, 0) is 5.41 Å². The maximum Gasteiger partial charge on any atom is 0.114 e. The van der Waals surface area contributed by atoms with Gasteiger partial charge in [0.05, 0.1) is 11.7 Å². The summed E-state index contributed by atoms with van der Waals surface area (Å²) in [7, 11) is 0. The number of rotatable bonds is 4. The Hall–Kier alpha value is -0.710. The molecule has 0 saturated heterocycles. The van der Waals surface area contributed by atoms with Crippen LogP contribution in [0.15, 0.2) is 28.1 Å². The molecule has 2 nitrogen and oxygen atoms in total. The first-order valence-corrected chi connectivity index (χ1v) is 8.95. The van der Waals surface area contributed by atoms with Crippen molar-refractivity contribution in [3.05, 3.63) is 49.9 Å². The summed E-state index contributed by atoms with van der Waals surface area (Å²) in [5.41, 5.74) is 3.77. The Morgan fingerprint density at radius 1 is 1.33 bits per heavy atom. The van der Waals surface area contributed by atoms with Crippen LogP contribution in [0.25, 0.3) is 0 Å². The molecule has 1 aromatic heterocycles. The molecule has 21 heavy (non-hydrogen) atoms. The van der Waals surface area contributed by atoms with E-state index in [4.69, 9.17) is 4.98 Å². The third-order valence-electron chi connectivity index (χ3n) is 3.47. The van der Waals surface area contributed by atoms with Gasteiger partial charge in [-0.15, -0.1) is 11.3 Å². The quantitative estimate of drug-likeness (QED) is 0.802. The van der Waals surface area contributed by atoms with E-state index < -0.39 is 0 Å². The summed E-state index contributed by atoms with van der Waals surface area (Å²) in [6, 6.07) is 6.70. The zero-order valence-electron chi connectivity index (χ0n) is 13.3. The number of nitrogens with zero attached hydrogens (tertiary/aromatic N) is 1. The minimum atomic E-state index is 0.0966. The van der Waals surface area contributed by atoms with Gasteiger partial charge in [0.1, 0.15) is 5.01 Å². The van der Waals surface area contributed by atoms with Crippen molar-refractivity contribution in [2.24, 2.45) is 0 Å². The lowest BCUT2D eigenvalue weighted by Gasteiger charge is -2.18. The Morgan fingerprint density at radius 2 is 2.05 bits per heavy atom. The molecule has 1 unspecified atom stereocenters. The molecule has 0 amide bonds. The average Bonchev–Trinajstić information content (AvgIpc) is 2.89.